The van der Waals surface area contributed by atoms with Crippen molar-refractivity contribution in [1.82, 2.24) is 5.32 Å². The predicted molar refractivity (Wildman–Crippen MR) is 121 cm³/mol. The fourth-order valence-corrected chi connectivity index (χ4v) is 3.31. The van der Waals surface area contributed by atoms with E-state index >= 15 is 0 Å². The van der Waals surface area contributed by atoms with Crippen LogP contribution in [0.1, 0.15) is 31.2 Å². The van der Waals surface area contributed by atoms with E-state index in [0.29, 0.717) is 28.9 Å². The van der Waals surface area contributed by atoms with E-state index in [-0.39, 0.29) is 24.8 Å². The third-order valence-corrected chi connectivity index (χ3v) is 5.05. The van der Waals surface area contributed by atoms with E-state index < -0.39 is 0 Å². The maximum absolute atomic E-state index is 12.2. The third-order valence-electron chi connectivity index (χ3n) is 4.42. The standard InChI is InChI=1S/C22H27Cl2N3O3/c23-17-9-7-10-18(24)22(17)27-19-11-4-3-8-16(19)14-21(29)30-13-6-2-1-5-12-26-20(28)15-25/h3-4,7-11,27H,1-2,5-6,12-15,25H2,(H,26,28). The number of ether oxygens (including phenoxy) is 1. The van der Waals surface area contributed by atoms with Gasteiger partial charge >= 0.3 is 5.97 Å². The fraction of sp³-hybridized carbons (Fsp3) is 0.364. The molecule has 30 heavy (non-hydrogen) atoms. The molecule has 0 atom stereocenters. The first-order chi connectivity index (χ1) is 14.5. The second-order valence-electron chi connectivity index (χ2n) is 6.74. The van der Waals surface area contributed by atoms with E-state index in [1.165, 1.54) is 0 Å². The van der Waals surface area contributed by atoms with Gasteiger partial charge in [0.05, 0.1) is 35.3 Å². The van der Waals surface area contributed by atoms with Crippen molar-refractivity contribution in [3.8, 4) is 0 Å². The van der Waals surface area contributed by atoms with Crippen molar-refractivity contribution in [2.75, 3.05) is 25.0 Å². The van der Waals surface area contributed by atoms with Gasteiger partial charge in [-0.15, -0.1) is 0 Å². The highest BCUT2D eigenvalue weighted by Crippen LogP contribution is 2.33. The topological polar surface area (TPSA) is 93.5 Å². The number of nitrogens with two attached hydrogens (primary N) is 1. The molecular formula is C22H27Cl2N3O3. The highest BCUT2D eigenvalue weighted by Gasteiger charge is 2.12. The Morgan fingerprint density at radius 1 is 0.933 bits per heavy atom. The zero-order valence-corrected chi connectivity index (χ0v) is 18.3. The Balaban J connectivity index is 1.75. The summed E-state index contributed by atoms with van der Waals surface area (Å²) >= 11 is 12.5. The van der Waals surface area contributed by atoms with Gasteiger partial charge in [0.15, 0.2) is 0 Å². The van der Waals surface area contributed by atoms with Gasteiger partial charge in [-0.2, -0.15) is 0 Å². The van der Waals surface area contributed by atoms with Gasteiger partial charge in [0.1, 0.15) is 0 Å². The van der Waals surface area contributed by atoms with E-state index in [1.807, 2.05) is 24.3 Å². The van der Waals surface area contributed by atoms with Crippen LogP contribution in [0.5, 0.6) is 0 Å². The molecule has 0 heterocycles. The van der Waals surface area contributed by atoms with Gasteiger partial charge < -0.3 is 21.1 Å². The van der Waals surface area contributed by atoms with Crippen molar-refractivity contribution >= 4 is 46.5 Å². The smallest absolute Gasteiger partial charge is 0.310 e. The first kappa shape index (κ1) is 24.0. The summed E-state index contributed by atoms with van der Waals surface area (Å²) in [5, 5.41) is 6.94. The molecule has 6 nitrogen and oxygen atoms in total. The quantitative estimate of drug-likeness (QED) is 0.327. The largest absolute Gasteiger partial charge is 0.465 e. The Labute approximate surface area is 187 Å². The second-order valence-corrected chi connectivity index (χ2v) is 7.56. The molecule has 0 bridgehead atoms. The van der Waals surface area contributed by atoms with Crippen molar-refractivity contribution in [3.63, 3.8) is 0 Å². The Bertz CT molecular complexity index is 826. The summed E-state index contributed by atoms with van der Waals surface area (Å²) in [6.45, 7) is 1.01. The van der Waals surface area contributed by atoms with Crippen LogP contribution in [0.2, 0.25) is 10.0 Å². The number of hydrogen-bond acceptors (Lipinski definition) is 5. The first-order valence-corrected chi connectivity index (χ1v) is 10.7. The van der Waals surface area contributed by atoms with Crippen molar-refractivity contribution in [1.29, 1.82) is 0 Å². The molecule has 0 aliphatic heterocycles. The van der Waals surface area contributed by atoms with Crippen LogP contribution in [0.25, 0.3) is 0 Å². The lowest BCUT2D eigenvalue weighted by Gasteiger charge is -2.14. The number of rotatable bonds is 12. The maximum atomic E-state index is 12.2. The fourth-order valence-electron chi connectivity index (χ4n) is 2.82. The number of para-hydroxylation sites is 2. The van der Waals surface area contributed by atoms with Crippen LogP contribution in [0.3, 0.4) is 0 Å². The van der Waals surface area contributed by atoms with Crippen LogP contribution in [0, 0.1) is 0 Å². The molecule has 0 saturated carbocycles. The molecule has 0 aliphatic carbocycles. The minimum Gasteiger partial charge on any atom is -0.465 e. The number of halogens is 2. The number of hydrogen-bond donors (Lipinski definition) is 3. The lowest BCUT2D eigenvalue weighted by atomic mass is 10.1. The number of nitrogens with one attached hydrogen (secondary N) is 2. The minimum absolute atomic E-state index is 0.0139. The molecular weight excluding hydrogens is 425 g/mol. The number of esters is 1. The molecule has 0 aliphatic rings. The maximum Gasteiger partial charge on any atom is 0.310 e. The molecule has 0 unspecified atom stereocenters. The summed E-state index contributed by atoms with van der Waals surface area (Å²) in [6, 6.07) is 12.7. The highest BCUT2D eigenvalue weighted by atomic mass is 35.5. The summed E-state index contributed by atoms with van der Waals surface area (Å²) in [4.78, 5) is 23.3. The van der Waals surface area contributed by atoms with Gasteiger partial charge in [-0.05, 0) is 43.0 Å². The van der Waals surface area contributed by atoms with E-state index in [9.17, 15) is 9.59 Å². The molecule has 1 amide bonds. The molecule has 0 saturated heterocycles. The van der Waals surface area contributed by atoms with Crippen LogP contribution in [0.4, 0.5) is 11.4 Å². The van der Waals surface area contributed by atoms with Crippen LogP contribution in [0.15, 0.2) is 42.5 Å². The zero-order chi connectivity index (χ0) is 21.8. The minimum atomic E-state index is -0.287. The Morgan fingerprint density at radius 2 is 1.63 bits per heavy atom. The lowest BCUT2D eigenvalue weighted by Crippen LogP contribution is -2.30. The number of carbonyl (C=O) groups excluding carboxylic acids is 2. The van der Waals surface area contributed by atoms with Crippen molar-refractivity contribution < 1.29 is 14.3 Å². The first-order valence-electron chi connectivity index (χ1n) is 9.92. The van der Waals surface area contributed by atoms with Crippen molar-refractivity contribution in [2.24, 2.45) is 5.73 Å². The van der Waals surface area contributed by atoms with E-state index in [4.69, 9.17) is 33.7 Å². The summed E-state index contributed by atoms with van der Waals surface area (Å²) in [6.07, 6.45) is 3.69. The van der Waals surface area contributed by atoms with E-state index in [2.05, 4.69) is 10.6 Å². The molecule has 0 aromatic heterocycles. The van der Waals surface area contributed by atoms with Crippen LogP contribution < -0.4 is 16.4 Å². The van der Waals surface area contributed by atoms with Gasteiger partial charge in [-0.25, -0.2) is 0 Å². The molecule has 0 fully saturated rings. The van der Waals surface area contributed by atoms with Gasteiger partial charge in [0.25, 0.3) is 0 Å². The molecule has 2 rings (SSSR count). The molecule has 8 heteroatoms. The van der Waals surface area contributed by atoms with Crippen LogP contribution >= 0.6 is 23.2 Å². The third kappa shape index (κ3) is 8.22. The Morgan fingerprint density at radius 3 is 2.37 bits per heavy atom. The molecule has 0 radical (unpaired) electrons. The molecule has 2 aromatic rings. The molecule has 4 N–H and O–H groups in total. The van der Waals surface area contributed by atoms with Gasteiger partial charge in [0, 0.05) is 12.2 Å². The number of unbranched alkanes of at least 4 members (excludes halogenated alkanes) is 3. The molecule has 162 valence electrons. The Kier molecular flexibility index (Phi) is 10.5. The summed E-state index contributed by atoms with van der Waals surface area (Å²) in [5.41, 5.74) is 7.38. The lowest BCUT2D eigenvalue weighted by molar-refractivity contribution is -0.143. The summed E-state index contributed by atoms with van der Waals surface area (Å²) in [5.74, 6) is -0.430. The Hall–Kier alpha value is -2.28. The van der Waals surface area contributed by atoms with Crippen molar-refractivity contribution in [2.45, 2.75) is 32.1 Å². The van der Waals surface area contributed by atoms with Crippen LogP contribution in [-0.4, -0.2) is 31.6 Å². The van der Waals surface area contributed by atoms with E-state index in [1.54, 1.807) is 18.2 Å². The zero-order valence-electron chi connectivity index (χ0n) is 16.8. The monoisotopic (exact) mass is 451 g/mol. The highest BCUT2D eigenvalue weighted by molar-refractivity contribution is 6.39. The summed E-state index contributed by atoms with van der Waals surface area (Å²) < 4.78 is 5.36. The second kappa shape index (κ2) is 13.1. The average molecular weight is 452 g/mol. The molecule has 0 spiro atoms. The van der Waals surface area contributed by atoms with Gasteiger partial charge in [-0.3, -0.25) is 9.59 Å². The average Bonchev–Trinajstić information content (AvgIpc) is 2.73. The molecule has 2 aromatic carbocycles. The summed E-state index contributed by atoms with van der Waals surface area (Å²) in [7, 11) is 0. The van der Waals surface area contributed by atoms with E-state index in [0.717, 1.165) is 36.9 Å². The number of anilines is 2. The normalized spacial score (nSPS) is 10.5. The SMILES string of the molecule is NCC(=O)NCCCCCCOC(=O)Cc1ccccc1Nc1c(Cl)cccc1Cl. The van der Waals surface area contributed by atoms with Crippen LogP contribution in [-0.2, 0) is 20.7 Å². The van der Waals surface area contributed by atoms with Gasteiger partial charge in [0.2, 0.25) is 5.91 Å². The predicted octanol–water partition coefficient (Wildman–Crippen LogP) is 4.46. The number of carbonyl (C=O) groups is 2. The van der Waals surface area contributed by atoms with Gasteiger partial charge in [-0.1, -0.05) is 53.9 Å². The number of amides is 1. The number of benzene rings is 2. The van der Waals surface area contributed by atoms with Crippen molar-refractivity contribution in [3.05, 3.63) is 58.1 Å².